The van der Waals surface area contributed by atoms with E-state index in [1.54, 1.807) is 17.5 Å². The molecule has 5 rings (SSSR count). The Morgan fingerprint density at radius 2 is 1.97 bits per heavy atom. The van der Waals surface area contributed by atoms with E-state index >= 15 is 0 Å². The average Bonchev–Trinajstić information content (AvgIpc) is 3.31. The number of rotatable bonds is 7. The molecule has 0 aliphatic carbocycles. The van der Waals surface area contributed by atoms with Crippen LogP contribution in [0.3, 0.4) is 0 Å². The van der Waals surface area contributed by atoms with E-state index in [2.05, 4.69) is 32.2 Å². The summed E-state index contributed by atoms with van der Waals surface area (Å²) in [5.74, 6) is -0.122. The number of fused-ring (bicyclic) bond motifs is 1. The van der Waals surface area contributed by atoms with E-state index in [1.807, 2.05) is 42.7 Å². The standard InChI is InChI=1S/C26H27ClN4O2S2/c27-20-5-3-18(4-6-20)14-29-25(32)23-17-31(15-19-2-1-7-28-13-19)26-22(24(23)34)12-21(35-26)16-30-8-10-33-11-9-30/h1-7,12-13,17,24,34H,8-11,14-16H2,(H,29,32). The molecule has 1 fully saturated rings. The van der Waals surface area contributed by atoms with Gasteiger partial charge in [-0.25, -0.2) is 0 Å². The largest absolute Gasteiger partial charge is 0.379 e. The number of amides is 1. The summed E-state index contributed by atoms with van der Waals surface area (Å²) in [7, 11) is 0. The minimum atomic E-state index is -0.296. The minimum Gasteiger partial charge on any atom is -0.379 e. The van der Waals surface area contributed by atoms with Crippen LogP contribution in [0.4, 0.5) is 5.00 Å². The molecule has 9 heteroatoms. The fourth-order valence-corrected chi connectivity index (χ4v) is 6.07. The summed E-state index contributed by atoms with van der Waals surface area (Å²) >= 11 is 12.7. The third-order valence-electron chi connectivity index (χ3n) is 6.12. The van der Waals surface area contributed by atoms with E-state index in [9.17, 15) is 4.79 Å². The number of nitrogens with zero attached hydrogens (tertiary/aromatic N) is 3. The molecule has 1 atom stereocenters. The van der Waals surface area contributed by atoms with Gasteiger partial charge in [-0.3, -0.25) is 14.7 Å². The zero-order valence-electron chi connectivity index (χ0n) is 19.2. The van der Waals surface area contributed by atoms with Gasteiger partial charge in [0.1, 0.15) is 5.00 Å². The number of thiophene rings is 1. The highest BCUT2D eigenvalue weighted by atomic mass is 35.5. The van der Waals surface area contributed by atoms with Crippen LogP contribution in [0.15, 0.2) is 66.6 Å². The number of halogens is 1. The van der Waals surface area contributed by atoms with E-state index in [0.717, 1.165) is 54.5 Å². The number of morpholine rings is 1. The molecule has 0 bridgehead atoms. The molecule has 182 valence electrons. The summed E-state index contributed by atoms with van der Waals surface area (Å²) in [6.45, 7) is 5.34. The normalized spacial score (nSPS) is 18.2. The van der Waals surface area contributed by atoms with Gasteiger partial charge in [0.15, 0.2) is 0 Å². The third-order valence-corrected chi connectivity index (χ3v) is 8.10. The van der Waals surface area contributed by atoms with Gasteiger partial charge in [-0.1, -0.05) is 29.8 Å². The molecule has 1 unspecified atom stereocenters. The molecule has 0 saturated carbocycles. The van der Waals surface area contributed by atoms with Gasteiger partial charge < -0.3 is 15.0 Å². The summed E-state index contributed by atoms with van der Waals surface area (Å²) in [4.78, 5) is 23.4. The summed E-state index contributed by atoms with van der Waals surface area (Å²) in [6, 6.07) is 13.7. The lowest BCUT2D eigenvalue weighted by atomic mass is 10.0. The first kappa shape index (κ1) is 24.3. The van der Waals surface area contributed by atoms with Crippen molar-refractivity contribution in [1.82, 2.24) is 15.2 Å². The van der Waals surface area contributed by atoms with Gasteiger partial charge in [-0.05, 0) is 35.4 Å². The molecule has 3 aromatic rings. The van der Waals surface area contributed by atoms with Crippen LogP contribution in [0, 0.1) is 0 Å². The Hall–Kier alpha value is -2.36. The van der Waals surface area contributed by atoms with Gasteiger partial charge >= 0.3 is 0 Å². The van der Waals surface area contributed by atoms with Crippen molar-refractivity contribution < 1.29 is 9.53 Å². The predicted octanol–water partition coefficient (Wildman–Crippen LogP) is 4.82. The lowest BCUT2D eigenvalue weighted by Gasteiger charge is -2.29. The first-order chi connectivity index (χ1) is 17.1. The first-order valence-corrected chi connectivity index (χ1v) is 13.3. The van der Waals surface area contributed by atoms with Gasteiger partial charge in [0.05, 0.1) is 24.0 Å². The monoisotopic (exact) mass is 526 g/mol. The zero-order valence-corrected chi connectivity index (χ0v) is 21.7. The Kier molecular flexibility index (Phi) is 7.75. The van der Waals surface area contributed by atoms with Gasteiger partial charge in [0.2, 0.25) is 5.91 Å². The molecule has 4 heterocycles. The molecule has 1 saturated heterocycles. The summed E-state index contributed by atoms with van der Waals surface area (Å²) in [5.41, 5.74) is 3.78. The second kappa shape index (κ2) is 11.1. The third kappa shape index (κ3) is 5.90. The molecular formula is C26H27ClN4O2S2. The number of pyridine rings is 1. The van der Waals surface area contributed by atoms with Crippen LogP contribution in [0.25, 0.3) is 0 Å². The molecule has 0 radical (unpaired) electrons. The van der Waals surface area contributed by atoms with Crippen LogP contribution < -0.4 is 10.2 Å². The molecular weight excluding hydrogens is 500 g/mol. The summed E-state index contributed by atoms with van der Waals surface area (Å²) in [6.07, 6.45) is 5.58. The van der Waals surface area contributed by atoms with Crippen molar-refractivity contribution in [3.05, 3.63) is 93.2 Å². The Bertz CT molecular complexity index is 1190. The number of carbonyl (C=O) groups excluding carboxylic acids is 1. The quantitative estimate of drug-likeness (QED) is 0.432. The number of aromatic nitrogens is 1. The average molecular weight is 527 g/mol. The van der Waals surface area contributed by atoms with E-state index in [0.29, 0.717) is 23.7 Å². The summed E-state index contributed by atoms with van der Waals surface area (Å²) in [5, 5.41) is 4.56. The fourth-order valence-electron chi connectivity index (χ4n) is 4.27. The highest BCUT2D eigenvalue weighted by molar-refractivity contribution is 7.80. The molecule has 2 aliphatic rings. The van der Waals surface area contributed by atoms with E-state index in [4.69, 9.17) is 29.0 Å². The number of hydrogen-bond donors (Lipinski definition) is 2. The second-order valence-electron chi connectivity index (χ2n) is 8.65. The van der Waals surface area contributed by atoms with Crippen molar-refractivity contribution in [1.29, 1.82) is 0 Å². The predicted molar refractivity (Wildman–Crippen MR) is 144 cm³/mol. The molecule has 2 aromatic heterocycles. The van der Waals surface area contributed by atoms with E-state index in [1.165, 1.54) is 4.88 Å². The van der Waals surface area contributed by atoms with Crippen LogP contribution in [-0.2, 0) is 29.2 Å². The van der Waals surface area contributed by atoms with Gasteiger partial charge in [-0.2, -0.15) is 12.6 Å². The van der Waals surface area contributed by atoms with Crippen LogP contribution >= 0.6 is 35.6 Å². The van der Waals surface area contributed by atoms with Gasteiger partial charge in [0.25, 0.3) is 0 Å². The second-order valence-corrected chi connectivity index (χ2v) is 10.7. The van der Waals surface area contributed by atoms with Crippen molar-refractivity contribution in [2.75, 3.05) is 31.2 Å². The van der Waals surface area contributed by atoms with Crippen molar-refractivity contribution in [3.8, 4) is 0 Å². The highest BCUT2D eigenvalue weighted by Crippen LogP contribution is 2.46. The van der Waals surface area contributed by atoms with Crippen LogP contribution in [0.5, 0.6) is 0 Å². The van der Waals surface area contributed by atoms with Crippen molar-refractivity contribution in [2.24, 2.45) is 0 Å². The highest BCUT2D eigenvalue weighted by Gasteiger charge is 2.31. The number of hydrogen-bond acceptors (Lipinski definition) is 7. The number of benzene rings is 1. The fraction of sp³-hybridized carbons (Fsp3) is 0.308. The molecule has 2 aliphatic heterocycles. The maximum Gasteiger partial charge on any atom is 0.250 e. The SMILES string of the molecule is O=C(NCc1ccc(Cl)cc1)C1=CN(Cc2cccnc2)c2sc(CN3CCOCC3)cc2C1S. The number of nitrogens with one attached hydrogen (secondary N) is 1. The summed E-state index contributed by atoms with van der Waals surface area (Å²) < 4.78 is 5.50. The van der Waals surface area contributed by atoms with Gasteiger partial charge in [0, 0.05) is 66.8 Å². The van der Waals surface area contributed by atoms with E-state index in [-0.39, 0.29) is 11.2 Å². The maximum atomic E-state index is 13.3. The van der Waals surface area contributed by atoms with Crippen molar-refractivity contribution in [2.45, 2.75) is 24.9 Å². The van der Waals surface area contributed by atoms with Crippen molar-refractivity contribution >= 4 is 46.5 Å². The number of thiol groups is 1. The van der Waals surface area contributed by atoms with Gasteiger partial charge in [-0.15, -0.1) is 11.3 Å². The zero-order chi connectivity index (χ0) is 24.2. The Labute approximate surface area is 220 Å². The Morgan fingerprint density at radius 3 is 2.71 bits per heavy atom. The number of carbonyl (C=O) groups is 1. The molecule has 1 aromatic carbocycles. The molecule has 1 amide bonds. The van der Waals surface area contributed by atoms with E-state index < -0.39 is 0 Å². The van der Waals surface area contributed by atoms with Crippen LogP contribution in [0.1, 0.15) is 26.8 Å². The Balaban J connectivity index is 1.38. The smallest absolute Gasteiger partial charge is 0.250 e. The van der Waals surface area contributed by atoms with Crippen LogP contribution in [-0.4, -0.2) is 42.1 Å². The molecule has 0 spiro atoms. The van der Waals surface area contributed by atoms with Crippen LogP contribution in [0.2, 0.25) is 5.02 Å². The topological polar surface area (TPSA) is 57.7 Å². The number of anilines is 1. The number of ether oxygens (including phenoxy) is 1. The molecule has 35 heavy (non-hydrogen) atoms. The lowest BCUT2D eigenvalue weighted by molar-refractivity contribution is -0.117. The first-order valence-electron chi connectivity index (χ1n) is 11.6. The lowest BCUT2D eigenvalue weighted by Crippen LogP contribution is -2.35. The minimum absolute atomic E-state index is 0.122. The molecule has 1 N–H and O–H groups in total. The Morgan fingerprint density at radius 1 is 1.17 bits per heavy atom. The molecule has 6 nitrogen and oxygen atoms in total. The maximum absolute atomic E-state index is 13.3. The van der Waals surface area contributed by atoms with Crippen molar-refractivity contribution in [3.63, 3.8) is 0 Å².